The number of alkyl halides is 3. The van der Waals surface area contributed by atoms with Gasteiger partial charge in [-0.25, -0.2) is 15.0 Å². The Balaban J connectivity index is 1.34. The van der Waals surface area contributed by atoms with Crippen molar-refractivity contribution in [3.8, 4) is 17.1 Å². The standard InChI is InChI=1S/C40H27F3N4O2/c1-19(2)21-9-6-7-14-29(21)47-34-28(45-37(47)27-13-8-12-24-25-16-15-20(3)44-38(25)48-35(24)27)18-17-26-30-22-10-4-5-11-23(22)31(32(26)34)33-36(30)49-39(46-33)40(41,42)43/h4-19,30-31H,1-3H3. The van der Waals surface area contributed by atoms with Crippen LogP contribution in [-0.2, 0) is 6.18 Å². The first-order valence-electron chi connectivity index (χ1n) is 16.3. The van der Waals surface area contributed by atoms with Crippen molar-refractivity contribution in [1.82, 2.24) is 19.5 Å². The largest absolute Gasteiger partial charge is 0.468 e. The number of aryl methyl sites for hydroxylation is 1. The van der Waals surface area contributed by atoms with Crippen molar-refractivity contribution in [2.45, 2.75) is 44.7 Å². The Labute approximate surface area is 277 Å². The number of fused-ring (bicyclic) bond motifs is 4. The van der Waals surface area contributed by atoms with Gasteiger partial charge in [-0.2, -0.15) is 13.2 Å². The molecule has 2 unspecified atom stereocenters. The first-order chi connectivity index (χ1) is 23.7. The number of pyridine rings is 1. The second-order valence-electron chi connectivity index (χ2n) is 13.3. The van der Waals surface area contributed by atoms with Gasteiger partial charge in [0.15, 0.2) is 0 Å². The van der Waals surface area contributed by atoms with Gasteiger partial charge in [-0.05, 0) is 71.0 Å². The van der Waals surface area contributed by atoms with Crippen LogP contribution in [-0.4, -0.2) is 19.5 Å². The Bertz CT molecular complexity index is 2680. The number of aromatic nitrogens is 4. The summed E-state index contributed by atoms with van der Waals surface area (Å²) in [4.78, 5) is 14.1. The molecule has 49 heavy (non-hydrogen) atoms. The van der Waals surface area contributed by atoms with Crippen molar-refractivity contribution in [2.75, 3.05) is 0 Å². The third-order valence-electron chi connectivity index (χ3n) is 10.1. The number of benzene rings is 4. The summed E-state index contributed by atoms with van der Waals surface area (Å²) in [6.45, 7) is 6.24. The van der Waals surface area contributed by atoms with Crippen LogP contribution in [0.4, 0.5) is 13.2 Å². The van der Waals surface area contributed by atoms with E-state index in [1.807, 2.05) is 85.8 Å². The maximum absolute atomic E-state index is 14.1. The molecule has 0 spiro atoms. The topological polar surface area (TPSA) is 69.9 Å². The monoisotopic (exact) mass is 652 g/mol. The quantitative estimate of drug-likeness (QED) is 0.190. The number of oxazole rings is 1. The highest BCUT2D eigenvalue weighted by molar-refractivity contribution is 6.08. The summed E-state index contributed by atoms with van der Waals surface area (Å²) < 4.78 is 56.5. The molecule has 3 aliphatic rings. The number of nitrogens with zero attached hydrogens (tertiary/aromatic N) is 4. The number of rotatable bonds is 3. The van der Waals surface area contributed by atoms with Gasteiger partial charge in [0.05, 0.1) is 39.8 Å². The zero-order chi connectivity index (χ0) is 33.3. The van der Waals surface area contributed by atoms with E-state index in [-0.39, 0.29) is 11.7 Å². The molecule has 0 aliphatic heterocycles. The van der Waals surface area contributed by atoms with E-state index < -0.39 is 23.9 Å². The second-order valence-corrected chi connectivity index (χ2v) is 13.3. The van der Waals surface area contributed by atoms with Gasteiger partial charge in [0, 0.05) is 16.5 Å². The van der Waals surface area contributed by atoms with Gasteiger partial charge in [-0.15, -0.1) is 0 Å². The second kappa shape index (κ2) is 9.69. The van der Waals surface area contributed by atoms with Crippen LogP contribution < -0.4 is 0 Å². The zero-order valence-electron chi connectivity index (χ0n) is 26.6. The first kappa shape index (κ1) is 28.3. The lowest BCUT2D eigenvalue weighted by Gasteiger charge is -2.38. The van der Waals surface area contributed by atoms with Crippen molar-refractivity contribution in [1.29, 1.82) is 0 Å². The van der Waals surface area contributed by atoms with Crippen molar-refractivity contribution in [3.63, 3.8) is 0 Å². The summed E-state index contributed by atoms with van der Waals surface area (Å²) in [5.41, 5.74) is 10.4. The number of hydrogen-bond acceptors (Lipinski definition) is 5. The maximum atomic E-state index is 14.1. The molecular formula is C40H27F3N4O2. The minimum atomic E-state index is -4.71. The lowest BCUT2D eigenvalue weighted by atomic mass is 9.64. The smallest absolute Gasteiger partial charge is 0.437 e. The predicted octanol–water partition coefficient (Wildman–Crippen LogP) is 10.4. The summed E-state index contributed by atoms with van der Waals surface area (Å²) in [5, 5.41) is 1.84. The summed E-state index contributed by atoms with van der Waals surface area (Å²) in [6.07, 6.45) is -4.71. The Hall–Kier alpha value is -5.70. The van der Waals surface area contributed by atoms with Gasteiger partial charge in [-0.3, -0.25) is 4.57 Å². The molecule has 4 aromatic carbocycles. The molecule has 4 heterocycles. The highest BCUT2D eigenvalue weighted by Gasteiger charge is 2.50. The molecule has 11 rings (SSSR count). The molecule has 0 N–H and O–H groups in total. The van der Waals surface area contributed by atoms with E-state index in [9.17, 15) is 13.2 Å². The number of halogens is 3. The third kappa shape index (κ3) is 3.81. The number of para-hydroxylation sites is 2. The molecule has 3 aliphatic carbocycles. The van der Waals surface area contributed by atoms with Crippen molar-refractivity contribution < 1.29 is 22.0 Å². The molecule has 0 saturated carbocycles. The molecular weight excluding hydrogens is 625 g/mol. The van der Waals surface area contributed by atoms with Crippen LogP contribution in [0.15, 0.2) is 99.8 Å². The summed E-state index contributed by atoms with van der Waals surface area (Å²) in [7, 11) is 0. The fraction of sp³-hybridized carbons (Fsp3) is 0.175. The van der Waals surface area contributed by atoms with E-state index in [4.69, 9.17) is 13.8 Å². The summed E-state index contributed by atoms with van der Waals surface area (Å²) in [5.74, 6) is -1.25. The third-order valence-corrected chi connectivity index (χ3v) is 10.1. The molecule has 0 radical (unpaired) electrons. The maximum Gasteiger partial charge on any atom is 0.468 e. The average Bonchev–Trinajstić information content (AvgIpc) is 3.81. The summed E-state index contributed by atoms with van der Waals surface area (Å²) >= 11 is 0. The molecule has 0 fully saturated rings. The number of imidazole rings is 1. The Morgan fingerprint density at radius 2 is 1.51 bits per heavy atom. The van der Waals surface area contributed by atoms with Crippen molar-refractivity contribution in [3.05, 3.63) is 142 Å². The summed E-state index contributed by atoms with van der Waals surface area (Å²) in [6, 6.07) is 30.1. The fourth-order valence-electron chi connectivity index (χ4n) is 8.11. The molecule has 6 nitrogen and oxygen atoms in total. The van der Waals surface area contributed by atoms with Crippen LogP contribution in [0.1, 0.15) is 82.5 Å². The van der Waals surface area contributed by atoms with E-state index in [0.29, 0.717) is 22.8 Å². The molecule has 8 aromatic rings. The Kier molecular flexibility index (Phi) is 5.60. The van der Waals surface area contributed by atoms with Crippen LogP contribution >= 0.6 is 0 Å². The normalized spacial score (nSPS) is 16.6. The van der Waals surface area contributed by atoms with Crippen LogP contribution in [0.25, 0.3) is 50.2 Å². The predicted molar refractivity (Wildman–Crippen MR) is 180 cm³/mol. The Morgan fingerprint density at radius 1 is 0.735 bits per heavy atom. The van der Waals surface area contributed by atoms with Gasteiger partial charge < -0.3 is 8.83 Å². The molecule has 240 valence electrons. The van der Waals surface area contributed by atoms with E-state index in [1.165, 1.54) is 0 Å². The highest BCUT2D eigenvalue weighted by Crippen LogP contribution is 2.58. The molecule has 2 atom stereocenters. The molecule has 0 saturated heterocycles. The average molecular weight is 653 g/mol. The van der Waals surface area contributed by atoms with Crippen LogP contribution in [0.2, 0.25) is 0 Å². The van der Waals surface area contributed by atoms with E-state index in [0.717, 1.165) is 66.6 Å². The Morgan fingerprint density at radius 3 is 2.31 bits per heavy atom. The van der Waals surface area contributed by atoms with Crippen LogP contribution in [0.5, 0.6) is 0 Å². The van der Waals surface area contributed by atoms with Gasteiger partial charge in [0.1, 0.15) is 17.2 Å². The van der Waals surface area contributed by atoms with Gasteiger partial charge in [0.25, 0.3) is 0 Å². The fourth-order valence-corrected chi connectivity index (χ4v) is 8.11. The molecule has 2 bridgehead atoms. The number of furan rings is 1. The van der Waals surface area contributed by atoms with E-state index in [2.05, 4.69) is 40.5 Å². The van der Waals surface area contributed by atoms with Crippen LogP contribution in [0.3, 0.4) is 0 Å². The lowest BCUT2D eigenvalue weighted by molar-refractivity contribution is -0.157. The van der Waals surface area contributed by atoms with Gasteiger partial charge >= 0.3 is 12.1 Å². The van der Waals surface area contributed by atoms with E-state index >= 15 is 0 Å². The number of hydrogen-bond donors (Lipinski definition) is 0. The van der Waals surface area contributed by atoms with Crippen LogP contribution in [0, 0.1) is 6.92 Å². The van der Waals surface area contributed by atoms with Gasteiger partial charge in [-0.1, -0.05) is 74.5 Å². The van der Waals surface area contributed by atoms with Gasteiger partial charge in [0.2, 0.25) is 5.71 Å². The van der Waals surface area contributed by atoms with E-state index in [1.54, 1.807) is 0 Å². The molecule has 9 heteroatoms. The first-order valence-corrected chi connectivity index (χ1v) is 16.3. The van der Waals surface area contributed by atoms with Crippen molar-refractivity contribution >= 4 is 33.1 Å². The lowest BCUT2D eigenvalue weighted by Crippen LogP contribution is -2.27. The molecule has 4 aromatic heterocycles. The SMILES string of the molecule is Cc1ccc2c(n1)oc1c(-c3nc4ccc5c(c4n3-c3ccccc3C(C)C)C3c4ccccc4C5c4oc(C(F)(F)F)nc43)cccc12. The molecule has 0 amide bonds. The highest BCUT2D eigenvalue weighted by atomic mass is 19.4. The zero-order valence-corrected chi connectivity index (χ0v) is 26.6. The van der Waals surface area contributed by atoms with Crippen molar-refractivity contribution in [2.24, 2.45) is 0 Å². The minimum absolute atomic E-state index is 0.170. The minimum Gasteiger partial charge on any atom is -0.437 e.